The lowest BCUT2D eigenvalue weighted by molar-refractivity contribution is 0.171. The maximum Gasteiger partial charge on any atom is 0.280 e. The fourth-order valence-electron chi connectivity index (χ4n) is 3.30. The van der Waals surface area contributed by atoms with Crippen LogP contribution in [-0.2, 0) is 0 Å². The predicted octanol–water partition coefficient (Wildman–Crippen LogP) is 4.53. The van der Waals surface area contributed by atoms with E-state index < -0.39 is 0 Å². The van der Waals surface area contributed by atoms with E-state index in [-0.39, 0.29) is 16.4 Å². The van der Waals surface area contributed by atoms with Crippen molar-refractivity contribution in [3.8, 4) is 28.6 Å². The van der Waals surface area contributed by atoms with Crippen LogP contribution >= 0.6 is 23.2 Å². The Morgan fingerprint density at radius 1 is 0.931 bits per heavy atom. The Morgan fingerprint density at radius 3 is 2.48 bits per heavy atom. The van der Waals surface area contributed by atoms with Gasteiger partial charge in [-0.25, -0.2) is 4.98 Å². The monoisotopic (exact) mass is 425 g/mol. The molecule has 0 amide bonds. The van der Waals surface area contributed by atoms with E-state index in [1.165, 1.54) is 16.9 Å². The quantitative estimate of drug-likeness (QED) is 0.472. The first kappa shape index (κ1) is 18.0. The van der Waals surface area contributed by atoms with Crippen LogP contribution in [-0.4, -0.2) is 28.0 Å². The Balaban J connectivity index is 1.80. The van der Waals surface area contributed by atoms with Crippen LogP contribution in [0, 0.1) is 0 Å². The van der Waals surface area contributed by atoms with Crippen molar-refractivity contribution in [3.05, 3.63) is 75.1 Å². The maximum absolute atomic E-state index is 13.1. The number of benzene rings is 2. The zero-order valence-electron chi connectivity index (χ0n) is 14.9. The fourth-order valence-corrected chi connectivity index (χ4v) is 3.76. The Morgan fingerprint density at radius 2 is 1.69 bits per heavy atom. The molecule has 2 aromatic heterocycles. The predicted molar refractivity (Wildman–Crippen MR) is 112 cm³/mol. The van der Waals surface area contributed by atoms with Crippen LogP contribution in [0.2, 0.25) is 10.0 Å². The Hall–Kier alpha value is -3.09. The van der Waals surface area contributed by atoms with Gasteiger partial charge in [-0.1, -0.05) is 41.4 Å². The number of pyridine rings is 1. The highest BCUT2D eigenvalue weighted by Gasteiger charge is 2.18. The molecule has 0 atom stereocenters. The molecule has 0 saturated heterocycles. The van der Waals surface area contributed by atoms with Crippen LogP contribution in [0.1, 0.15) is 0 Å². The lowest BCUT2D eigenvalue weighted by atomic mass is 10.0. The molecule has 0 radical (unpaired) electrons. The van der Waals surface area contributed by atoms with Gasteiger partial charge in [-0.15, -0.1) is 0 Å². The molecule has 0 bridgehead atoms. The Kier molecular flexibility index (Phi) is 4.38. The van der Waals surface area contributed by atoms with Crippen LogP contribution < -0.4 is 15.0 Å². The van der Waals surface area contributed by atoms with Crippen LogP contribution in [0.25, 0.3) is 27.8 Å². The average molecular weight is 426 g/mol. The van der Waals surface area contributed by atoms with Gasteiger partial charge in [-0.2, -0.15) is 9.78 Å². The smallest absolute Gasteiger partial charge is 0.280 e. The van der Waals surface area contributed by atoms with Gasteiger partial charge in [0.15, 0.2) is 17.3 Å². The third-order valence-corrected chi connectivity index (χ3v) is 5.09. The van der Waals surface area contributed by atoms with Crippen LogP contribution in [0.4, 0.5) is 0 Å². The minimum Gasteiger partial charge on any atom is -0.486 e. The molecular weight excluding hydrogens is 413 g/mol. The normalized spacial score (nSPS) is 12.9. The number of aromatic nitrogens is 3. The Labute approximate surface area is 175 Å². The number of halogens is 2. The summed E-state index contributed by atoms with van der Waals surface area (Å²) < 4.78 is 12.5. The van der Waals surface area contributed by atoms with Crippen molar-refractivity contribution >= 4 is 34.0 Å². The number of hydrogen-bond acceptors (Lipinski definition) is 5. The van der Waals surface area contributed by atoms with Crippen molar-refractivity contribution in [3.63, 3.8) is 0 Å². The molecule has 0 unspecified atom stereocenters. The molecule has 0 fully saturated rings. The van der Waals surface area contributed by atoms with E-state index in [4.69, 9.17) is 32.7 Å². The van der Waals surface area contributed by atoms with E-state index in [0.717, 1.165) is 10.9 Å². The van der Waals surface area contributed by atoms with E-state index in [0.29, 0.717) is 40.8 Å². The minimum absolute atomic E-state index is 0.214. The van der Waals surface area contributed by atoms with Crippen LogP contribution in [0.5, 0.6) is 11.5 Å². The van der Waals surface area contributed by atoms with Gasteiger partial charge in [0, 0.05) is 17.1 Å². The topological polar surface area (TPSA) is 66.2 Å². The van der Waals surface area contributed by atoms with Gasteiger partial charge in [-0.3, -0.25) is 4.79 Å². The molecule has 8 heteroatoms. The molecular formula is C21H13Cl2N3O3. The van der Waals surface area contributed by atoms with Gasteiger partial charge in [0.25, 0.3) is 5.56 Å². The number of nitrogens with zero attached hydrogens (tertiary/aromatic N) is 3. The standard InChI is InChI=1S/C21H13Cl2N3O3/c22-13-10-16(23)20(24-11-13)26-21(27)15-4-2-1-3-14(15)19(25-26)12-5-6-17-18(9-12)29-8-7-28-17/h1-6,9-11H,7-8H2. The lowest BCUT2D eigenvalue weighted by Gasteiger charge is -2.19. The van der Waals surface area contributed by atoms with E-state index in [2.05, 4.69) is 10.1 Å². The van der Waals surface area contributed by atoms with Gasteiger partial charge >= 0.3 is 0 Å². The molecule has 0 N–H and O–H groups in total. The first-order chi connectivity index (χ1) is 14.1. The number of hydrogen-bond donors (Lipinski definition) is 0. The third-order valence-electron chi connectivity index (χ3n) is 4.61. The summed E-state index contributed by atoms with van der Waals surface area (Å²) >= 11 is 12.3. The molecule has 4 aromatic rings. The summed E-state index contributed by atoms with van der Waals surface area (Å²) in [5.74, 6) is 1.53. The van der Waals surface area contributed by atoms with Crippen molar-refractivity contribution in [2.75, 3.05) is 13.2 Å². The van der Waals surface area contributed by atoms with Gasteiger partial charge in [0.05, 0.1) is 21.1 Å². The van der Waals surface area contributed by atoms with Crippen molar-refractivity contribution in [2.24, 2.45) is 0 Å². The second-order valence-electron chi connectivity index (χ2n) is 6.43. The SMILES string of the molecule is O=c1c2ccccc2c(-c2ccc3c(c2)OCCO3)nn1-c1ncc(Cl)cc1Cl. The molecule has 5 rings (SSSR count). The van der Waals surface area contributed by atoms with Crippen molar-refractivity contribution in [1.29, 1.82) is 0 Å². The first-order valence-electron chi connectivity index (χ1n) is 8.85. The summed E-state index contributed by atoms with van der Waals surface area (Å²) in [6.07, 6.45) is 1.43. The minimum atomic E-state index is -0.321. The highest BCUT2D eigenvalue weighted by Crippen LogP contribution is 2.35. The summed E-state index contributed by atoms with van der Waals surface area (Å²) in [7, 11) is 0. The van der Waals surface area contributed by atoms with Gasteiger partial charge in [0.1, 0.15) is 13.2 Å². The largest absolute Gasteiger partial charge is 0.486 e. The molecule has 1 aliphatic heterocycles. The van der Waals surface area contributed by atoms with E-state index in [1.54, 1.807) is 12.1 Å². The van der Waals surface area contributed by atoms with Crippen molar-refractivity contribution < 1.29 is 9.47 Å². The summed E-state index contributed by atoms with van der Waals surface area (Å²) in [5, 5.41) is 6.42. The average Bonchev–Trinajstić information content (AvgIpc) is 2.74. The van der Waals surface area contributed by atoms with Crippen LogP contribution in [0.15, 0.2) is 59.5 Å². The molecule has 0 spiro atoms. The Bertz CT molecular complexity index is 1320. The molecule has 0 saturated carbocycles. The second-order valence-corrected chi connectivity index (χ2v) is 7.27. The summed E-state index contributed by atoms with van der Waals surface area (Å²) in [6.45, 7) is 0.994. The molecule has 0 aliphatic carbocycles. The first-order valence-corrected chi connectivity index (χ1v) is 9.61. The van der Waals surface area contributed by atoms with Gasteiger partial charge in [0.2, 0.25) is 0 Å². The third kappa shape index (κ3) is 3.10. The summed E-state index contributed by atoms with van der Waals surface area (Å²) in [6, 6.07) is 14.4. The summed E-state index contributed by atoms with van der Waals surface area (Å²) in [5.41, 5.74) is 1.06. The maximum atomic E-state index is 13.1. The molecule has 2 aromatic carbocycles. The van der Waals surface area contributed by atoms with Crippen LogP contribution in [0.3, 0.4) is 0 Å². The number of fused-ring (bicyclic) bond motifs is 2. The van der Waals surface area contributed by atoms with E-state index >= 15 is 0 Å². The molecule has 1 aliphatic rings. The lowest BCUT2D eigenvalue weighted by Crippen LogP contribution is -2.23. The zero-order valence-corrected chi connectivity index (χ0v) is 16.4. The molecule has 3 heterocycles. The number of rotatable bonds is 2. The zero-order chi connectivity index (χ0) is 20.0. The molecule has 144 valence electrons. The second kappa shape index (κ2) is 7.06. The van der Waals surface area contributed by atoms with E-state index in [1.807, 2.05) is 30.3 Å². The highest BCUT2D eigenvalue weighted by atomic mass is 35.5. The van der Waals surface area contributed by atoms with Gasteiger partial charge in [-0.05, 0) is 30.3 Å². The van der Waals surface area contributed by atoms with Crippen molar-refractivity contribution in [2.45, 2.75) is 0 Å². The molecule has 6 nitrogen and oxygen atoms in total. The van der Waals surface area contributed by atoms with E-state index in [9.17, 15) is 4.79 Å². The van der Waals surface area contributed by atoms with Crippen molar-refractivity contribution in [1.82, 2.24) is 14.8 Å². The number of ether oxygens (including phenoxy) is 2. The summed E-state index contributed by atoms with van der Waals surface area (Å²) in [4.78, 5) is 17.3. The molecule has 29 heavy (non-hydrogen) atoms. The van der Waals surface area contributed by atoms with Gasteiger partial charge < -0.3 is 9.47 Å². The highest BCUT2D eigenvalue weighted by molar-refractivity contribution is 6.35. The fraction of sp³-hybridized carbons (Fsp3) is 0.0952.